The topological polar surface area (TPSA) is 87.4 Å². The van der Waals surface area contributed by atoms with Crippen molar-refractivity contribution in [1.82, 2.24) is 0 Å². The van der Waals surface area contributed by atoms with E-state index < -0.39 is 11.9 Å². The molecule has 1 N–H and O–H groups in total. The van der Waals surface area contributed by atoms with Gasteiger partial charge >= 0.3 is 11.9 Å². The summed E-state index contributed by atoms with van der Waals surface area (Å²) >= 11 is 5.95. The highest BCUT2D eigenvalue weighted by atomic mass is 127. The highest BCUT2D eigenvalue weighted by Crippen LogP contribution is 2.38. The van der Waals surface area contributed by atoms with Crippen molar-refractivity contribution in [2.24, 2.45) is 0 Å². The van der Waals surface area contributed by atoms with Crippen LogP contribution in [-0.2, 0) is 11.2 Å². The van der Waals surface area contributed by atoms with Crippen molar-refractivity contribution in [2.75, 3.05) is 0 Å². The summed E-state index contributed by atoms with van der Waals surface area (Å²) in [6.45, 7) is 5.57. The van der Waals surface area contributed by atoms with Gasteiger partial charge in [-0.2, -0.15) is 5.26 Å². The Balaban J connectivity index is 3.44. The summed E-state index contributed by atoms with van der Waals surface area (Å²) in [5.74, 6) is -1.33. The summed E-state index contributed by atoms with van der Waals surface area (Å²) < 4.78 is 7.14. The van der Waals surface area contributed by atoms with Gasteiger partial charge in [-0.3, -0.25) is 0 Å². The lowest BCUT2D eigenvalue weighted by molar-refractivity contribution is -0.130. The summed E-state index contributed by atoms with van der Waals surface area (Å²) in [6.07, 6.45) is 2.24. The van der Waals surface area contributed by atoms with Gasteiger partial charge in [-0.15, -0.1) is 0 Å². The SMILES string of the molecule is C=C(CC#N)C(=O)Oc1c(I)c(I)c(C(=O)O)c(CCCC)c1I. The molecule has 24 heavy (non-hydrogen) atoms. The van der Waals surface area contributed by atoms with E-state index in [1.165, 1.54) is 0 Å². The number of rotatable bonds is 7. The van der Waals surface area contributed by atoms with E-state index in [4.69, 9.17) is 10.00 Å². The van der Waals surface area contributed by atoms with E-state index in [0.29, 0.717) is 28.4 Å². The molecule has 0 aliphatic heterocycles. The first-order valence-electron chi connectivity index (χ1n) is 6.95. The maximum absolute atomic E-state index is 12.1. The third kappa shape index (κ3) is 5.04. The van der Waals surface area contributed by atoms with Gasteiger partial charge in [0, 0.05) is 9.14 Å². The summed E-state index contributed by atoms with van der Waals surface area (Å²) in [5.41, 5.74) is 0.994. The molecule has 0 aromatic heterocycles. The van der Waals surface area contributed by atoms with E-state index in [2.05, 4.69) is 6.58 Å². The fraction of sp³-hybridized carbons (Fsp3) is 0.312. The van der Waals surface area contributed by atoms with Crippen molar-refractivity contribution in [2.45, 2.75) is 32.6 Å². The summed E-state index contributed by atoms with van der Waals surface area (Å²) in [4.78, 5) is 23.7. The van der Waals surface area contributed by atoms with Gasteiger partial charge in [0.2, 0.25) is 0 Å². The fourth-order valence-corrected chi connectivity index (χ4v) is 4.80. The van der Waals surface area contributed by atoms with Gasteiger partial charge in [0.15, 0.2) is 5.75 Å². The molecule has 8 heteroatoms. The monoisotopic (exact) mass is 665 g/mol. The lowest BCUT2D eigenvalue weighted by Crippen LogP contribution is -2.16. The van der Waals surface area contributed by atoms with Crippen molar-refractivity contribution < 1.29 is 19.4 Å². The second kappa shape index (κ2) is 9.91. The lowest BCUT2D eigenvalue weighted by atomic mass is 10.0. The Hall–Kier alpha value is -0.420. The Labute approximate surface area is 181 Å². The minimum Gasteiger partial charge on any atom is -0.478 e. The fourth-order valence-electron chi connectivity index (χ4n) is 1.92. The Morgan fingerprint density at radius 1 is 1.25 bits per heavy atom. The van der Waals surface area contributed by atoms with E-state index in [0.717, 1.165) is 12.8 Å². The molecule has 0 heterocycles. The molecule has 128 valence electrons. The maximum Gasteiger partial charge on any atom is 0.339 e. The molecule has 0 amide bonds. The Morgan fingerprint density at radius 2 is 1.88 bits per heavy atom. The van der Waals surface area contributed by atoms with Crippen LogP contribution < -0.4 is 4.74 Å². The van der Waals surface area contributed by atoms with Gasteiger partial charge in [0.1, 0.15) is 0 Å². The zero-order chi connectivity index (χ0) is 18.4. The smallest absolute Gasteiger partial charge is 0.339 e. The number of carbonyl (C=O) groups excluding carboxylic acids is 1. The minimum atomic E-state index is -0.992. The van der Waals surface area contributed by atoms with Crippen molar-refractivity contribution in [1.29, 1.82) is 5.26 Å². The summed E-state index contributed by atoms with van der Waals surface area (Å²) in [7, 11) is 0. The maximum atomic E-state index is 12.1. The normalized spacial score (nSPS) is 10.1. The molecule has 1 aromatic carbocycles. The molecule has 0 radical (unpaired) electrons. The standard InChI is InChI=1S/C16H14I3NO4/c1-3-4-5-9-10(15(21)22)12(18)13(19)14(11(9)17)24-16(23)8(2)6-7-20/h2-6H2,1H3,(H,21,22). The second-order valence-electron chi connectivity index (χ2n) is 4.86. The van der Waals surface area contributed by atoms with Crippen LogP contribution in [-0.4, -0.2) is 17.0 Å². The Kier molecular flexibility index (Phi) is 8.93. The average molecular weight is 665 g/mol. The molecule has 0 saturated carbocycles. The van der Waals surface area contributed by atoms with Gasteiger partial charge in [0.05, 0.1) is 25.2 Å². The number of halogens is 3. The van der Waals surface area contributed by atoms with E-state index >= 15 is 0 Å². The van der Waals surface area contributed by atoms with Gasteiger partial charge in [-0.05, 0) is 86.2 Å². The molecular weight excluding hydrogens is 651 g/mol. The van der Waals surface area contributed by atoms with Crippen LogP contribution in [0.25, 0.3) is 0 Å². The molecule has 1 aromatic rings. The molecular formula is C16H14I3NO4. The van der Waals surface area contributed by atoms with Crippen LogP contribution in [0, 0.1) is 22.0 Å². The molecule has 0 unspecified atom stereocenters. The minimum absolute atomic E-state index is 0.0662. The highest BCUT2D eigenvalue weighted by molar-refractivity contribution is 14.1. The number of esters is 1. The molecule has 0 atom stereocenters. The van der Waals surface area contributed by atoms with Crippen LogP contribution >= 0.6 is 67.8 Å². The van der Waals surface area contributed by atoms with Crippen LogP contribution in [0.5, 0.6) is 5.75 Å². The number of hydrogen-bond acceptors (Lipinski definition) is 4. The Morgan fingerprint density at radius 3 is 2.38 bits per heavy atom. The number of hydrogen-bond donors (Lipinski definition) is 1. The first-order chi connectivity index (χ1) is 11.3. The molecule has 0 aliphatic carbocycles. The number of carbonyl (C=O) groups is 2. The van der Waals surface area contributed by atoms with Gasteiger partial charge < -0.3 is 9.84 Å². The van der Waals surface area contributed by atoms with E-state index in [1.54, 1.807) is 0 Å². The van der Waals surface area contributed by atoms with E-state index in [9.17, 15) is 14.7 Å². The average Bonchev–Trinajstić information content (AvgIpc) is 2.53. The van der Waals surface area contributed by atoms with Gasteiger partial charge in [-0.25, -0.2) is 9.59 Å². The third-order valence-electron chi connectivity index (χ3n) is 3.15. The molecule has 0 fully saturated rings. The molecule has 5 nitrogen and oxygen atoms in total. The van der Waals surface area contributed by atoms with Crippen LogP contribution in [0.15, 0.2) is 12.2 Å². The van der Waals surface area contributed by atoms with Gasteiger partial charge in [0.25, 0.3) is 0 Å². The number of carboxylic acids is 1. The number of nitriles is 1. The number of nitrogens with zero attached hydrogens (tertiary/aromatic N) is 1. The Bertz CT molecular complexity index is 738. The van der Waals surface area contributed by atoms with Crippen LogP contribution in [0.2, 0.25) is 0 Å². The van der Waals surface area contributed by atoms with Crippen molar-refractivity contribution in [3.63, 3.8) is 0 Å². The summed E-state index contributed by atoms with van der Waals surface area (Å²) in [6, 6.07) is 1.85. The summed E-state index contributed by atoms with van der Waals surface area (Å²) in [5, 5.41) is 18.2. The van der Waals surface area contributed by atoms with E-state index in [-0.39, 0.29) is 17.6 Å². The predicted molar refractivity (Wildman–Crippen MR) is 115 cm³/mol. The molecule has 0 saturated heterocycles. The highest BCUT2D eigenvalue weighted by Gasteiger charge is 2.26. The van der Waals surface area contributed by atoms with Crippen molar-refractivity contribution in [3.05, 3.63) is 34.0 Å². The quantitative estimate of drug-likeness (QED) is 0.147. The molecule has 1 rings (SSSR count). The van der Waals surface area contributed by atoms with Crippen LogP contribution in [0.4, 0.5) is 0 Å². The number of carboxylic acid groups (broad SMARTS) is 1. The molecule has 0 aliphatic rings. The van der Waals surface area contributed by atoms with E-state index in [1.807, 2.05) is 80.8 Å². The number of benzene rings is 1. The number of aromatic carboxylic acids is 1. The largest absolute Gasteiger partial charge is 0.478 e. The van der Waals surface area contributed by atoms with Crippen molar-refractivity contribution in [3.8, 4) is 11.8 Å². The molecule has 0 bridgehead atoms. The van der Waals surface area contributed by atoms with Gasteiger partial charge in [-0.1, -0.05) is 19.9 Å². The number of ether oxygens (including phenoxy) is 1. The second-order valence-corrected chi connectivity index (χ2v) is 8.10. The first kappa shape index (κ1) is 21.6. The molecule has 0 spiro atoms. The third-order valence-corrected chi connectivity index (χ3v) is 7.43. The van der Waals surface area contributed by atoms with Crippen LogP contribution in [0.1, 0.15) is 42.1 Å². The zero-order valence-electron chi connectivity index (χ0n) is 12.8. The van der Waals surface area contributed by atoms with Crippen LogP contribution in [0.3, 0.4) is 0 Å². The predicted octanol–water partition coefficient (Wildman–Crippen LogP) is 4.92. The van der Waals surface area contributed by atoms with Crippen molar-refractivity contribution >= 4 is 79.7 Å². The number of unbranched alkanes of at least 4 members (excludes halogenated alkanes) is 1. The lowest BCUT2D eigenvalue weighted by Gasteiger charge is -2.17. The zero-order valence-corrected chi connectivity index (χ0v) is 19.3. The first-order valence-corrected chi connectivity index (χ1v) is 10.2.